The normalized spacial score (nSPS) is 12.5. The number of carbonyl (C=O) groups is 1. The number of hydrogen-bond acceptors (Lipinski definition) is 4. The molecule has 120 valence electrons. The molecule has 21 heavy (non-hydrogen) atoms. The molecule has 1 rings (SSSR count). The van der Waals surface area contributed by atoms with E-state index < -0.39 is 6.67 Å². The van der Waals surface area contributed by atoms with Gasteiger partial charge in [0.05, 0.1) is 24.5 Å². The van der Waals surface area contributed by atoms with Crippen LogP contribution in [0.3, 0.4) is 0 Å². The van der Waals surface area contributed by atoms with E-state index in [9.17, 15) is 9.18 Å². The van der Waals surface area contributed by atoms with Gasteiger partial charge in [0.15, 0.2) is 0 Å². The van der Waals surface area contributed by atoms with Crippen LogP contribution in [0.5, 0.6) is 6.01 Å². The highest BCUT2D eigenvalue weighted by atomic mass is 32.1. The van der Waals surface area contributed by atoms with Gasteiger partial charge in [0.2, 0.25) is 5.91 Å². The predicted octanol–water partition coefficient (Wildman–Crippen LogP) is 2.49. The van der Waals surface area contributed by atoms with E-state index in [1.807, 2.05) is 6.92 Å². The number of aromatic nitrogens is 2. The number of aromatic amines is 1. The maximum Gasteiger partial charge on any atom is 0.294 e. The summed E-state index contributed by atoms with van der Waals surface area (Å²) in [5.74, 6) is 0.700. The van der Waals surface area contributed by atoms with Gasteiger partial charge >= 0.3 is 0 Å². The van der Waals surface area contributed by atoms with Crippen molar-refractivity contribution in [2.45, 2.75) is 40.4 Å². The molecule has 1 heterocycles. The first-order valence-corrected chi connectivity index (χ1v) is 7.80. The van der Waals surface area contributed by atoms with Crippen molar-refractivity contribution in [1.29, 1.82) is 0 Å². The standard InChI is InChI=1S/C14H24FN3O2S/c1-4-20-14-17-11(6-15)12(18-14)7-16-13(19)10(8-21)5-9(2)3/h9-10,21H,4-8H2,1-3H3,(H,16,19)(H,17,18)/t10-/m1/s1. The van der Waals surface area contributed by atoms with Crippen molar-refractivity contribution in [2.24, 2.45) is 11.8 Å². The summed E-state index contributed by atoms with van der Waals surface area (Å²) in [6.45, 7) is 5.91. The van der Waals surface area contributed by atoms with Gasteiger partial charge in [-0.25, -0.2) is 4.39 Å². The van der Waals surface area contributed by atoms with Crippen molar-refractivity contribution in [3.05, 3.63) is 11.4 Å². The van der Waals surface area contributed by atoms with E-state index in [4.69, 9.17) is 4.74 Å². The Kier molecular flexibility index (Phi) is 7.56. The Morgan fingerprint density at radius 1 is 1.52 bits per heavy atom. The van der Waals surface area contributed by atoms with E-state index in [0.29, 0.717) is 24.0 Å². The molecule has 0 radical (unpaired) electrons. The van der Waals surface area contributed by atoms with Gasteiger partial charge < -0.3 is 15.0 Å². The molecule has 1 amide bonds. The molecule has 0 fully saturated rings. The van der Waals surface area contributed by atoms with E-state index in [1.54, 1.807) is 0 Å². The molecule has 2 N–H and O–H groups in total. The van der Waals surface area contributed by atoms with Crippen LogP contribution in [0.1, 0.15) is 38.6 Å². The van der Waals surface area contributed by atoms with Crippen LogP contribution < -0.4 is 10.1 Å². The Labute approximate surface area is 130 Å². The third kappa shape index (κ3) is 5.57. The van der Waals surface area contributed by atoms with Crippen molar-refractivity contribution in [2.75, 3.05) is 12.4 Å². The molecule has 5 nitrogen and oxygen atoms in total. The number of rotatable bonds is 9. The minimum Gasteiger partial charge on any atom is -0.465 e. The summed E-state index contributed by atoms with van der Waals surface area (Å²) in [6.07, 6.45) is 0.776. The number of H-pyrrole nitrogens is 1. The monoisotopic (exact) mass is 317 g/mol. The highest BCUT2D eigenvalue weighted by Crippen LogP contribution is 2.16. The summed E-state index contributed by atoms with van der Waals surface area (Å²) < 4.78 is 18.1. The van der Waals surface area contributed by atoms with Crippen molar-refractivity contribution in [3.8, 4) is 6.01 Å². The lowest BCUT2D eigenvalue weighted by molar-refractivity contribution is -0.124. The van der Waals surface area contributed by atoms with Crippen LogP contribution in [-0.4, -0.2) is 28.2 Å². The van der Waals surface area contributed by atoms with Gasteiger partial charge in [0.25, 0.3) is 6.01 Å². The fourth-order valence-corrected chi connectivity index (χ4v) is 2.35. The number of amides is 1. The summed E-state index contributed by atoms with van der Waals surface area (Å²) in [7, 11) is 0. The quantitative estimate of drug-likeness (QED) is 0.613. The van der Waals surface area contributed by atoms with Crippen LogP contribution in [0.4, 0.5) is 4.39 Å². The smallest absolute Gasteiger partial charge is 0.294 e. The number of nitrogens with zero attached hydrogens (tertiary/aromatic N) is 1. The molecule has 0 unspecified atom stereocenters. The van der Waals surface area contributed by atoms with E-state index in [2.05, 4.69) is 41.8 Å². The third-order valence-corrected chi connectivity index (χ3v) is 3.48. The SMILES string of the molecule is CCOc1nc(CF)c(CNC(=O)[C@@H](CS)CC(C)C)[nH]1. The zero-order valence-corrected chi connectivity index (χ0v) is 13.7. The Morgan fingerprint density at radius 2 is 2.24 bits per heavy atom. The number of halogens is 1. The lowest BCUT2D eigenvalue weighted by atomic mass is 9.98. The second-order valence-corrected chi connectivity index (χ2v) is 5.63. The average Bonchev–Trinajstić information content (AvgIpc) is 2.84. The highest BCUT2D eigenvalue weighted by molar-refractivity contribution is 7.80. The highest BCUT2D eigenvalue weighted by Gasteiger charge is 2.19. The largest absolute Gasteiger partial charge is 0.465 e. The van der Waals surface area contributed by atoms with Crippen LogP contribution in [0.2, 0.25) is 0 Å². The summed E-state index contributed by atoms with van der Waals surface area (Å²) in [5, 5.41) is 2.80. The number of imidazole rings is 1. The zero-order chi connectivity index (χ0) is 15.8. The predicted molar refractivity (Wildman–Crippen MR) is 83.2 cm³/mol. The molecule has 0 saturated heterocycles. The van der Waals surface area contributed by atoms with E-state index in [1.165, 1.54) is 0 Å². The lowest BCUT2D eigenvalue weighted by Gasteiger charge is -2.16. The molecule has 0 aromatic carbocycles. The average molecular weight is 317 g/mol. The second-order valence-electron chi connectivity index (χ2n) is 5.26. The minimum absolute atomic E-state index is 0.0731. The van der Waals surface area contributed by atoms with Crippen molar-refractivity contribution >= 4 is 18.5 Å². The number of alkyl halides is 1. The van der Waals surface area contributed by atoms with Crippen LogP contribution in [-0.2, 0) is 18.0 Å². The lowest BCUT2D eigenvalue weighted by Crippen LogP contribution is -2.32. The maximum atomic E-state index is 12.9. The number of ether oxygens (including phenoxy) is 1. The molecule has 0 aliphatic carbocycles. The molecule has 0 aliphatic heterocycles. The van der Waals surface area contributed by atoms with Crippen molar-refractivity contribution < 1.29 is 13.9 Å². The van der Waals surface area contributed by atoms with Gasteiger partial charge in [-0.15, -0.1) is 0 Å². The first-order valence-electron chi connectivity index (χ1n) is 7.16. The van der Waals surface area contributed by atoms with Gasteiger partial charge in [-0.05, 0) is 19.3 Å². The van der Waals surface area contributed by atoms with Gasteiger partial charge in [-0.1, -0.05) is 13.8 Å². The Balaban J connectivity index is 2.62. The summed E-state index contributed by atoms with van der Waals surface area (Å²) in [4.78, 5) is 19.0. The van der Waals surface area contributed by atoms with Gasteiger partial charge in [0, 0.05) is 11.7 Å². The molecular weight excluding hydrogens is 293 g/mol. The molecule has 7 heteroatoms. The fourth-order valence-electron chi connectivity index (χ4n) is 2.03. The van der Waals surface area contributed by atoms with Gasteiger partial charge in [-0.3, -0.25) is 4.79 Å². The summed E-state index contributed by atoms with van der Waals surface area (Å²) in [6, 6.07) is 0.280. The maximum absolute atomic E-state index is 12.9. The second kappa shape index (κ2) is 8.92. The number of thiol groups is 1. The van der Waals surface area contributed by atoms with Crippen LogP contribution in [0, 0.1) is 11.8 Å². The molecule has 1 atom stereocenters. The first-order chi connectivity index (χ1) is 10.0. The summed E-state index contributed by atoms with van der Waals surface area (Å²) in [5.41, 5.74) is 0.807. The van der Waals surface area contributed by atoms with E-state index >= 15 is 0 Å². The third-order valence-electron chi connectivity index (χ3n) is 3.04. The van der Waals surface area contributed by atoms with E-state index in [0.717, 1.165) is 6.42 Å². The topological polar surface area (TPSA) is 67.0 Å². The van der Waals surface area contributed by atoms with E-state index in [-0.39, 0.29) is 30.1 Å². The van der Waals surface area contributed by atoms with Gasteiger partial charge in [-0.2, -0.15) is 17.6 Å². The first kappa shape index (κ1) is 17.8. The molecular formula is C14H24FN3O2S. The van der Waals surface area contributed by atoms with Crippen LogP contribution >= 0.6 is 12.6 Å². The molecule has 0 aliphatic rings. The van der Waals surface area contributed by atoms with Crippen molar-refractivity contribution in [3.63, 3.8) is 0 Å². The summed E-state index contributed by atoms with van der Waals surface area (Å²) >= 11 is 4.22. The molecule has 0 saturated carbocycles. The molecule has 0 bridgehead atoms. The van der Waals surface area contributed by atoms with Crippen molar-refractivity contribution in [1.82, 2.24) is 15.3 Å². The Hall–Kier alpha value is -1.24. The van der Waals surface area contributed by atoms with Crippen LogP contribution in [0.15, 0.2) is 0 Å². The Morgan fingerprint density at radius 3 is 2.76 bits per heavy atom. The molecule has 1 aromatic heterocycles. The number of nitrogens with one attached hydrogen (secondary N) is 2. The number of carbonyl (C=O) groups excluding carboxylic acids is 1. The van der Waals surface area contributed by atoms with Gasteiger partial charge in [0.1, 0.15) is 6.67 Å². The number of hydrogen-bond donors (Lipinski definition) is 3. The zero-order valence-electron chi connectivity index (χ0n) is 12.8. The van der Waals surface area contributed by atoms with Crippen LogP contribution in [0.25, 0.3) is 0 Å². The Bertz CT molecular complexity index is 451. The molecule has 1 aromatic rings. The minimum atomic E-state index is -0.698. The fraction of sp³-hybridized carbons (Fsp3) is 0.714. The molecule has 0 spiro atoms.